The summed E-state index contributed by atoms with van der Waals surface area (Å²) in [6, 6.07) is 107. The Morgan fingerprint density at radius 2 is 0.543 bits per heavy atom. The molecule has 0 fully saturated rings. The van der Waals surface area contributed by atoms with Gasteiger partial charge in [-0.3, -0.25) is 0 Å². The smallest absolute Gasteiger partial charge is 0.112 e. The van der Waals surface area contributed by atoms with Gasteiger partial charge >= 0.3 is 0 Å². The largest absolute Gasteiger partial charge is 0.310 e. The summed E-state index contributed by atoms with van der Waals surface area (Å²) in [7, 11) is -2.04. The Morgan fingerprint density at radius 3 is 0.901 bits per heavy atom. The Labute approximate surface area is 475 Å². The van der Waals surface area contributed by atoms with Gasteiger partial charge in [0.1, 0.15) is 8.07 Å². The third kappa shape index (κ3) is 8.98. The van der Waals surface area contributed by atoms with E-state index in [0.717, 1.165) is 45.5 Å². The molecule has 0 bridgehead atoms. The van der Waals surface area contributed by atoms with Crippen molar-refractivity contribution >= 4 is 96.2 Å². The van der Waals surface area contributed by atoms with E-state index in [-0.39, 0.29) is 0 Å². The van der Waals surface area contributed by atoms with Gasteiger partial charge in [-0.15, -0.1) is 0 Å². The minimum Gasteiger partial charge on any atom is -0.310 e. The van der Waals surface area contributed by atoms with Crippen LogP contribution in [0, 0.1) is 13.8 Å². The van der Waals surface area contributed by atoms with Crippen LogP contribution >= 0.6 is 0 Å². The minimum absolute atomic E-state index is 1.11. The number of aryl methyl sites for hydroxylation is 2. The average molecular weight is 1060 g/mol. The van der Waals surface area contributed by atoms with Crippen LogP contribution in [-0.2, 0) is 0 Å². The molecule has 0 N–H and O–H groups in total. The van der Waals surface area contributed by atoms with Crippen LogP contribution in [0.3, 0.4) is 0 Å². The monoisotopic (exact) mass is 1060 g/mol. The molecule has 0 saturated heterocycles. The summed E-state index contributed by atoms with van der Waals surface area (Å²) >= 11 is 0. The second-order valence-electron chi connectivity index (χ2n) is 22.0. The summed E-state index contributed by atoms with van der Waals surface area (Å²) in [4.78, 5) is 4.76. The number of fused-ring (bicyclic) bond motifs is 6. The quantitative estimate of drug-likeness (QED) is 0.113. The molecule has 4 nitrogen and oxygen atoms in total. The molecule has 0 aliphatic carbocycles. The van der Waals surface area contributed by atoms with Gasteiger partial charge in [0.05, 0.1) is 22.1 Å². The molecule has 0 aliphatic heterocycles. The zero-order valence-electron chi connectivity index (χ0n) is 46.0. The van der Waals surface area contributed by atoms with Crippen molar-refractivity contribution in [2.75, 3.05) is 9.80 Å². The van der Waals surface area contributed by atoms with Crippen molar-refractivity contribution in [2.45, 2.75) is 26.9 Å². The Balaban J connectivity index is 0.717. The van der Waals surface area contributed by atoms with Gasteiger partial charge in [-0.1, -0.05) is 204 Å². The first-order chi connectivity index (χ1) is 39.7. The van der Waals surface area contributed by atoms with E-state index in [1.54, 1.807) is 0 Å². The average Bonchev–Trinajstić information content (AvgIpc) is 4.23. The number of benzene rings is 12. The summed E-state index contributed by atoms with van der Waals surface area (Å²) in [5, 5.41) is 7.75. The molecule has 0 atom stereocenters. The van der Waals surface area contributed by atoms with Gasteiger partial charge in [0.25, 0.3) is 0 Å². The van der Waals surface area contributed by atoms with Crippen molar-refractivity contribution in [3.8, 4) is 33.6 Å². The second kappa shape index (κ2) is 20.4. The molecule has 12 aromatic carbocycles. The van der Waals surface area contributed by atoms with Gasteiger partial charge in [0.15, 0.2) is 0 Å². The molecule has 0 aliphatic rings. The first-order valence-corrected chi connectivity index (χ1v) is 31.1. The lowest BCUT2D eigenvalue weighted by Gasteiger charge is -2.26. The van der Waals surface area contributed by atoms with Crippen molar-refractivity contribution in [3.05, 3.63) is 302 Å². The van der Waals surface area contributed by atoms with Crippen LogP contribution in [0.4, 0.5) is 34.1 Å². The van der Waals surface area contributed by atoms with Crippen LogP contribution < -0.4 is 20.2 Å². The van der Waals surface area contributed by atoms with Crippen molar-refractivity contribution in [2.24, 2.45) is 0 Å². The highest BCUT2D eigenvalue weighted by Crippen LogP contribution is 2.43. The molecular weight excluding hydrogens is 997 g/mol. The SMILES string of the molecule is Cc1ccc(N(c2ccc(-c3ccc([Si](C)(C)c4ccc(-c5ccc(N(c6ccc(C)cc6)c6ccc7c(c6)c6ccccc6n7-c6ccccc6)cc5)cc4)cc3)cc2)c2ccc3c(c2)c2ccccc2n3-c2ccccc2)cc1. The van der Waals surface area contributed by atoms with Crippen LogP contribution in [0.25, 0.3) is 77.2 Å². The lowest BCUT2D eigenvalue weighted by atomic mass is 10.0. The van der Waals surface area contributed by atoms with Crippen LogP contribution in [0.2, 0.25) is 13.1 Å². The molecule has 2 heterocycles. The lowest BCUT2D eigenvalue weighted by molar-refractivity contribution is 1.18. The first-order valence-electron chi connectivity index (χ1n) is 28.1. The zero-order chi connectivity index (χ0) is 54.6. The molecule has 0 unspecified atom stereocenters. The summed E-state index contributed by atoms with van der Waals surface area (Å²) in [6.45, 7) is 9.23. The predicted octanol–water partition coefficient (Wildman–Crippen LogP) is 19.6. The summed E-state index contributed by atoms with van der Waals surface area (Å²) in [5.41, 5.74) is 21.1. The Kier molecular flexibility index (Phi) is 12.4. The lowest BCUT2D eigenvalue weighted by Crippen LogP contribution is -2.52. The molecule has 5 heteroatoms. The van der Waals surface area contributed by atoms with Crippen LogP contribution in [0.5, 0.6) is 0 Å². The molecule has 0 spiro atoms. The summed E-state index contributed by atoms with van der Waals surface area (Å²) < 4.78 is 4.75. The molecule has 14 rings (SSSR count). The van der Waals surface area contributed by atoms with E-state index in [9.17, 15) is 0 Å². The summed E-state index contributed by atoms with van der Waals surface area (Å²) in [6.07, 6.45) is 0. The van der Waals surface area contributed by atoms with Gasteiger partial charge in [0.2, 0.25) is 0 Å². The number of rotatable bonds is 12. The molecule has 0 amide bonds. The maximum Gasteiger partial charge on any atom is 0.112 e. The van der Waals surface area contributed by atoms with E-state index in [1.807, 2.05) is 0 Å². The fourth-order valence-electron chi connectivity index (χ4n) is 12.1. The van der Waals surface area contributed by atoms with Crippen molar-refractivity contribution < 1.29 is 0 Å². The molecule has 0 radical (unpaired) electrons. The van der Waals surface area contributed by atoms with Gasteiger partial charge in [-0.25, -0.2) is 0 Å². The topological polar surface area (TPSA) is 16.3 Å². The van der Waals surface area contributed by atoms with Crippen molar-refractivity contribution in [3.63, 3.8) is 0 Å². The van der Waals surface area contributed by atoms with Crippen LogP contribution in [0.1, 0.15) is 11.1 Å². The number of aromatic nitrogens is 2. The van der Waals surface area contributed by atoms with E-state index in [4.69, 9.17) is 0 Å². The highest BCUT2D eigenvalue weighted by molar-refractivity contribution is 7.00. The second-order valence-corrected chi connectivity index (χ2v) is 26.4. The van der Waals surface area contributed by atoms with E-state index in [1.165, 1.54) is 87.4 Å². The highest BCUT2D eigenvalue weighted by atomic mass is 28.3. The van der Waals surface area contributed by atoms with Crippen molar-refractivity contribution in [1.29, 1.82) is 0 Å². The third-order valence-electron chi connectivity index (χ3n) is 16.6. The third-order valence-corrected chi connectivity index (χ3v) is 20.1. The summed E-state index contributed by atoms with van der Waals surface area (Å²) in [5.74, 6) is 0. The number of hydrogen-bond acceptors (Lipinski definition) is 2. The van der Waals surface area contributed by atoms with E-state index in [2.05, 4.69) is 337 Å². The number of para-hydroxylation sites is 4. The standard InChI is InChI=1S/C76H60N4Si/c1-53-23-35-61(36-24-53)77(65-43-49-75-71(51-65)69-19-11-13-21-73(69)79(75)59-15-7-5-8-16-59)63-39-27-55(28-40-63)57-31-45-67(46-32-57)81(3,4)68-47-33-58(34-48-68)56-29-41-64(42-30-56)78(62-37-25-54(2)26-38-62)66-44-50-76-72(52-66)70-20-12-14-22-74(70)80(76)60-17-9-6-10-18-60/h5-52H,1-4H3. The first kappa shape index (κ1) is 49.4. The molecule has 14 aromatic rings. The van der Waals surface area contributed by atoms with Gasteiger partial charge in [-0.2, -0.15) is 0 Å². The maximum atomic E-state index is 2.47. The fraction of sp³-hybridized carbons (Fsp3) is 0.0526. The van der Waals surface area contributed by atoms with Crippen LogP contribution in [-0.4, -0.2) is 17.2 Å². The Morgan fingerprint density at radius 1 is 0.259 bits per heavy atom. The Hall–Kier alpha value is -9.94. The Bertz CT molecular complexity index is 4270. The number of nitrogens with zero attached hydrogens (tertiary/aromatic N) is 4. The molecule has 388 valence electrons. The molecule has 2 aromatic heterocycles. The number of anilines is 6. The zero-order valence-corrected chi connectivity index (χ0v) is 47.0. The predicted molar refractivity (Wildman–Crippen MR) is 348 cm³/mol. The van der Waals surface area contributed by atoms with Gasteiger partial charge in [-0.05, 0) is 157 Å². The normalized spacial score (nSPS) is 11.7. The van der Waals surface area contributed by atoms with E-state index in [0.29, 0.717) is 0 Å². The van der Waals surface area contributed by atoms with Crippen molar-refractivity contribution in [1.82, 2.24) is 9.13 Å². The maximum absolute atomic E-state index is 2.47. The van der Waals surface area contributed by atoms with Crippen LogP contribution in [0.15, 0.2) is 291 Å². The van der Waals surface area contributed by atoms with E-state index < -0.39 is 8.07 Å². The molecule has 81 heavy (non-hydrogen) atoms. The molecule has 0 saturated carbocycles. The van der Waals surface area contributed by atoms with E-state index >= 15 is 0 Å². The van der Waals surface area contributed by atoms with Gasteiger partial charge < -0.3 is 18.9 Å². The molecular formula is C76H60N4Si. The number of hydrogen-bond donors (Lipinski definition) is 0. The fourth-order valence-corrected chi connectivity index (χ4v) is 14.5. The minimum atomic E-state index is -2.04. The highest BCUT2D eigenvalue weighted by Gasteiger charge is 2.27. The van der Waals surface area contributed by atoms with Gasteiger partial charge in [0, 0.05) is 67.0 Å².